The molecule has 6 nitrogen and oxygen atoms in total. The van der Waals surface area contributed by atoms with Gasteiger partial charge in [0.15, 0.2) is 6.61 Å². The van der Waals surface area contributed by atoms with E-state index in [4.69, 9.17) is 16.3 Å². The highest BCUT2D eigenvalue weighted by Gasteiger charge is 2.13. The molecule has 20 heavy (non-hydrogen) atoms. The van der Waals surface area contributed by atoms with Gasteiger partial charge in [-0.25, -0.2) is 0 Å². The summed E-state index contributed by atoms with van der Waals surface area (Å²) in [6.45, 7) is -0.155. The van der Waals surface area contributed by atoms with Gasteiger partial charge in [0.2, 0.25) is 5.78 Å². The van der Waals surface area contributed by atoms with Crippen LogP contribution in [0.15, 0.2) is 36.7 Å². The number of halogens is 1. The predicted octanol–water partition coefficient (Wildman–Crippen LogP) is 2.85. The Labute approximate surface area is 119 Å². The third-order valence-corrected chi connectivity index (χ3v) is 2.94. The van der Waals surface area contributed by atoms with Gasteiger partial charge in [-0.2, -0.15) is 0 Å². The molecule has 1 aromatic carbocycles. The van der Waals surface area contributed by atoms with Gasteiger partial charge in [-0.15, -0.1) is 0 Å². The standard InChI is InChI=1S/C13H11ClN2O4/c1-15-5-4-9(7-15)13(17)8-20-10-2-3-12(16(18)19)11(14)6-10/h2-7H,8H2,1H3. The zero-order chi connectivity index (χ0) is 14.7. The maximum absolute atomic E-state index is 11.8. The summed E-state index contributed by atoms with van der Waals surface area (Å²) in [5, 5.41) is 10.6. The largest absolute Gasteiger partial charge is 0.485 e. The van der Waals surface area contributed by atoms with Crippen molar-refractivity contribution in [3.05, 3.63) is 57.4 Å². The minimum absolute atomic E-state index is 0.0281. The van der Waals surface area contributed by atoms with Crippen molar-refractivity contribution < 1.29 is 14.5 Å². The molecule has 1 heterocycles. The average molecular weight is 295 g/mol. The Kier molecular flexibility index (Phi) is 4.05. The number of Topliss-reactive ketones (excluding diaryl/α,β-unsaturated/α-hetero) is 1. The van der Waals surface area contributed by atoms with Crippen molar-refractivity contribution in [2.45, 2.75) is 0 Å². The van der Waals surface area contributed by atoms with Gasteiger partial charge in [-0.05, 0) is 12.1 Å². The zero-order valence-electron chi connectivity index (χ0n) is 10.6. The normalized spacial score (nSPS) is 10.3. The lowest BCUT2D eigenvalue weighted by Crippen LogP contribution is -2.11. The number of carbonyl (C=O) groups excluding carboxylic acids is 1. The molecular formula is C13H11ClN2O4. The summed E-state index contributed by atoms with van der Waals surface area (Å²) < 4.78 is 7.04. The smallest absolute Gasteiger partial charge is 0.288 e. The fourth-order valence-electron chi connectivity index (χ4n) is 1.63. The number of carbonyl (C=O) groups is 1. The molecule has 0 bridgehead atoms. The maximum Gasteiger partial charge on any atom is 0.288 e. The van der Waals surface area contributed by atoms with Gasteiger partial charge < -0.3 is 9.30 Å². The van der Waals surface area contributed by atoms with E-state index in [9.17, 15) is 14.9 Å². The molecule has 0 aliphatic heterocycles. The third-order valence-electron chi connectivity index (χ3n) is 2.64. The summed E-state index contributed by atoms with van der Waals surface area (Å²) in [6.07, 6.45) is 3.45. The lowest BCUT2D eigenvalue weighted by atomic mass is 10.2. The maximum atomic E-state index is 11.8. The van der Waals surface area contributed by atoms with Crippen molar-refractivity contribution in [3.8, 4) is 5.75 Å². The van der Waals surface area contributed by atoms with Crippen LogP contribution in [0.5, 0.6) is 5.75 Å². The summed E-state index contributed by atoms with van der Waals surface area (Å²) in [6, 6.07) is 5.65. The van der Waals surface area contributed by atoms with E-state index < -0.39 is 4.92 Å². The van der Waals surface area contributed by atoms with Crippen LogP contribution in [-0.4, -0.2) is 21.9 Å². The van der Waals surface area contributed by atoms with Crippen molar-refractivity contribution in [2.24, 2.45) is 7.05 Å². The highest BCUT2D eigenvalue weighted by Crippen LogP contribution is 2.28. The van der Waals surface area contributed by atoms with E-state index in [1.807, 2.05) is 7.05 Å². The number of hydrogen-bond acceptors (Lipinski definition) is 4. The number of hydrogen-bond donors (Lipinski definition) is 0. The lowest BCUT2D eigenvalue weighted by Gasteiger charge is -2.05. The monoisotopic (exact) mass is 294 g/mol. The zero-order valence-corrected chi connectivity index (χ0v) is 11.3. The van der Waals surface area contributed by atoms with Crippen LogP contribution in [0.2, 0.25) is 5.02 Å². The Morgan fingerprint density at radius 1 is 1.45 bits per heavy atom. The molecule has 0 atom stereocenters. The Morgan fingerprint density at radius 3 is 2.75 bits per heavy atom. The lowest BCUT2D eigenvalue weighted by molar-refractivity contribution is -0.384. The van der Waals surface area contributed by atoms with Gasteiger partial charge in [-0.3, -0.25) is 14.9 Å². The van der Waals surface area contributed by atoms with E-state index in [0.717, 1.165) is 0 Å². The molecule has 2 rings (SSSR count). The quantitative estimate of drug-likeness (QED) is 0.483. The molecule has 1 aromatic heterocycles. The molecule has 0 unspecified atom stereocenters. The Bertz CT molecular complexity index is 666. The van der Waals surface area contributed by atoms with E-state index in [0.29, 0.717) is 11.3 Å². The number of rotatable bonds is 5. The van der Waals surface area contributed by atoms with Crippen LogP contribution < -0.4 is 4.74 Å². The number of nitrogens with zero attached hydrogens (tertiary/aromatic N) is 2. The van der Waals surface area contributed by atoms with E-state index in [2.05, 4.69) is 0 Å². The van der Waals surface area contributed by atoms with Crippen molar-refractivity contribution >= 4 is 23.1 Å². The second-order valence-corrected chi connectivity index (χ2v) is 4.56. The molecule has 104 valence electrons. The fourth-order valence-corrected chi connectivity index (χ4v) is 1.87. The minimum Gasteiger partial charge on any atom is -0.485 e. The summed E-state index contributed by atoms with van der Waals surface area (Å²) in [5.41, 5.74) is 0.342. The van der Waals surface area contributed by atoms with Crippen molar-refractivity contribution in [2.75, 3.05) is 6.61 Å². The third kappa shape index (κ3) is 3.16. The van der Waals surface area contributed by atoms with Crippen LogP contribution in [0, 0.1) is 10.1 Å². The van der Waals surface area contributed by atoms with Crippen LogP contribution in [0.1, 0.15) is 10.4 Å². The van der Waals surface area contributed by atoms with Crippen molar-refractivity contribution in [1.29, 1.82) is 0 Å². The van der Waals surface area contributed by atoms with Crippen LogP contribution >= 0.6 is 11.6 Å². The van der Waals surface area contributed by atoms with Crippen LogP contribution in [-0.2, 0) is 7.05 Å². The number of ketones is 1. The number of ether oxygens (including phenoxy) is 1. The first-order chi connectivity index (χ1) is 9.47. The fraction of sp³-hybridized carbons (Fsp3) is 0.154. The topological polar surface area (TPSA) is 74.4 Å². The molecule has 2 aromatic rings. The van der Waals surface area contributed by atoms with Crippen LogP contribution in [0.3, 0.4) is 0 Å². The molecule has 0 radical (unpaired) electrons. The van der Waals surface area contributed by atoms with Gasteiger partial charge >= 0.3 is 0 Å². The van der Waals surface area contributed by atoms with Gasteiger partial charge in [0, 0.05) is 37.1 Å². The molecule has 0 saturated heterocycles. The minimum atomic E-state index is -0.582. The van der Waals surface area contributed by atoms with Crippen LogP contribution in [0.25, 0.3) is 0 Å². The van der Waals surface area contributed by atoms with E-state index in [1.54, 1.807) is 23.0 Å². The second kappa shape index (κ2) is 5.75. The predicted molar refractivity (Wildman–Crippen MR) is 73.3 cm³/mol. The summed E-state index contributed by atoms with van der Waals surface area (Å²) in [4.78, 5) is 21.8. The highest BCUT2D eigenvalue weighted by molar-refractivity contribution is 6.32. The molecule has 0 spiro atoms. The highest BCUT2D eigenvalue weighted by atomic mass is 35.5. The van der Waals surface area contributed by atoms with Crippen LogP contribution in [0.4, 0.5) is 5.69 Å². The van der Waals surface area contributed by atoms with E-state index in [1.165, 1.54) is 18.2 Å². The Hall–Kier alpha value is -2.34. The molecule has 7 heteroatoms. The summed E-state index contributed by atoms with van der Waals surface area (Å²) in [5.74, 6) is 0.130. The first-order valence-electron chi connectivity index (χ1n) is 5.69. The number of aromatic nitrogens is 1. The van der Waals surface area contributed by atoms with E-state index >= 15 is 0 Å². The number of nitro groups is 1. The van der Waals surface area contributed by atoms with Crippen molar-refractivity contribution in [1.82, 2.24) is 4.57 Å². The van der Waals surface area contributed by atoms with E-state index in [-0.39, 0.29) is 23.1 Å². The first-order valence-corrected chi connectivity index (χ1v) is 6.07. The molecule has 0 fully saturated rings. The second-order valence-electron chi connectivity index (χ2n) is 4.15. The van der Waals surface area contributed by atoms with Crippen molar-refractivity contribution in [3.63, 3.8) is 0 Å². The molecule has 0 saturated carbocycles. The van der Waals surface area contributed by atoms with Gasteiger partial charge in [0.1, 0.15) is 10.8 Å². The Morgan fingerprint density at radius 2 is 2.20 bits per heavy atom. The average Bonchev–Trinajstić information content (AvgIpc) is 2.82. The molecule has 0 N–H and O–H groups in total. The Balaban J connectivity index is 2.02. The molecule has 0 aliphatic carbocycles. The molecule has 0 amide bonds. The van der Waals surface area contributed by atoms with Gasteiger partial charge in [-0.1, -0.05) is 11.6 Å². The number of aryl methyl sites for hydroxylation is 1. The molecule has 0 aliphatic rings. The number of benzene rings is 1. The summed E-state index contributed by atoms with van der Waals surface area (Å²) in [7, 11) is 1.81. The SMILES string of the molecule is Cn1ccc(C(=O)COc2ccc([N+](=O)[O-])c(Cl)c2)c1. The molecular weight excluding hydrogens is 284 g/mol. The number of nitro benzene ring substituents is 1. The summed E-state index contributed by atoms with van der Waals surface area (Å²) >= 11 is 5.75. The van der Waals surface area contributed by atoms with Gasteiger partial charge in [0.25, 0.3) is 5.69 Å². The van der Waals surface area contributed by atoms with Gasteiger partial charge in [0.05, 0.1) is 4.92 Å². The first kappa shape index (κ1) is 14.1.